The molecule has 1 aliphatic carbocycles. The van der Waals surface area contributed by atoms with Gasteiger partial charge in [0.2, 0.25) is 5.91 Å². The summed E-state index contributed by atoms with van der Waals surface area (Å²) in [7, 11) is 1.62. The quantitative estimate of drug-likeness (QED) is 0.178. The number of rotatable bonds is 14. The molecule has 0 saturated heterocycles. The third-order valence-corrected chi connectivity index (χ3v) is 9.16. The number of halogens is 3. The summed E-state index contributed by atoms with van der Waals surface area (Å²) in [5.41, 5.74) is 4.21. The van der Waals surface area contributed by atoms with Crippen molar-refractivity contribution in [1.29, 1.82) is 0 Å². The third kappa shape index (κ3) is 8.55. The minimum atomic E-state index is -0.489. The van der Waals surface area contributed by atoms with Gasteiger partial charge in [0.15, 0.2) is 5.75 Å². The number of nitrogens with zero attached hydrogens (tertiary/aromatic N) is 1. The number of nitrogens with one attached hydrogen (secondary N) is 2. The normalized spacial score (nSPS) is 16.2. The summed E-state index contributed by atoms with van der Waals surface area (Å²) in [5, 5.41) is 17.7. The molecule has 0 unspecified atom stereocenters. The van der Waals surface area contributed by atoms with E-state index in [1.807, 2.05) is 47.4 Å². The van der Waals surface area contributed by atoms with Crippen LogP contribution in [0.15, 0.2) is 66.2 Å². The molecule has 3 aromatic carbocycles. The van der Waals surface area contributed by atoms with Crippen molar-refractivity contribution in [3.8, 4) is 11.5 Å². The lowest BCUT2D eigenvalue weighted by Gasteiger charge is -2.33. The van der Waals surface area contributed by atoms with Gasteiger partial charge in [0.05, 0.1) is 22.7 Å². The van der Waals surface area contributed by atoms with Crippen LogP contribution in [0, 0.1) is 0 Å². The van der Waals surface area contributed by atoms with Crippen LogP contribution in [-0.4, -0.2) is 67.3 Å². The number of amides is 2. The number of hydrogen-bond donors (Lipinski definition) is 3. The molecule has 0 aromatic heterocycles. The Labute approximate surface area is 284 Å². The SMILES string of the molecule is CNC(=O)CCc1ccc(Cl)c(CN(C(=O)C2=C(c3ccc(OCCOc4c(Cl)cccc4Cl)cc3)CCN[C@@H]2CO)C2CC2)c1. The molecule has 3 N–H and O–H groups in total. The third-order valence-electron chi connectivity index (χ3n) is 8.19. The lowest BCUT2D eigenvalue weighted by Crippen LogP contribution is -2.46. The fraction of sp³-hybridized carbons (Fsp3) is 0.371. The van der Waals surface area contributed by atoms with E-state index in [2.05, 4.69) is 10.6 Å². The minimum Gasteiger partial charge on any atom is -0.490 e. The Kier molecular flexibility index (Phi) is 11.9. The van der Waals surface area contributed by atoms with E-state index in [0.717, 1.165) is 35.1 Å². The average Bonchev–Trinajstić information content (AvgIpc) is 3.91. The summed E-state index contributed by atoms with van der Waals surface area (Å²) in [6.45, 7) is 1.33. The van der Waals surface area contributed by atoms with E-state index in [4.69, 9.17) is 44.3 Å². The van der Waals surface area contributed by atoms with Crippen LogP contribution in [0.2, 0.25) is 15.1 Å². The Bertz CT molecular complexity index is 1560. The van der Waals surface area contributed by atoms with Crippen molar-refractivity contribution in [2.75, 3.05) is 33.4 Å². The first-order chi connectivity index (χ1) is 22.3. The number of aryl methyl sites for hydroxylation is 1. The largest absolute Gasteiger partial charge is 0.490 e. The predicted molar refractivity (Wildman–Crippen MR) is 182 cm³/mol. The van der Waals surface area contributed by atoms with Gasteiger partial charge in [-0.05, 0) is 84.8 Å². The molecule has 2 aliphatic rings. The highest BCUT2D eigenvalue weighted by Crippen LogP contribution is 2.36. The molecule has 0 spiro atoms. The molecule has 1 aliphatic heterocycles. The molecular formula is C35H38Cl3N3O5. The van der Waals surface area contributed by atoms with Crippen molar-refractivity contribution in [3.05, 3.63) is 98.0 Å². The molecule has 1 heterocycles. The van der Waals surface area contributed by atoms with Crippen LogP contribution in [0.25, 0.3) is 5.57 Å². The highest BCUT2D eigenvalue weighted by Gasteiger charge is 2.38. The van der Waals surface area contributed by atoms with Crippen LogP contribution < -0.4 is 20.1 Å². The summed E-state index contributed by atoms with van der Waals surface area (Å²) in [6, 6.07) is 18.1. The summed E-state index contributed by atoms with van der Waals surface area (Å²) in [4.78, 5) is 28.0. The summed E-state index contributed by atoms with van der Waals surface area (Å²) in [5.74, 6) is 0.947. The topological polar surface area (TPSA) is 100 Å². The van der Waals surface area contributed by atoms with Crippen molar-refractivity contribution in [1.82, 2.24) is 15.5 Å². The molecule has 0 bridgehead atoms. The number of aliphatic hydroxyl groups is 1. The lowest BCUT2D eigenvalue weighted by molar-refractivity contribution is -0.128. The maximum absolute atomic E-state index is 14.4. The zero-order chi connectivity index (χ0) is 32.6. The lowest BCUT2D eigenvalue weighted by atomic mass is 9.88. The number of carbonyl (C=O) groups is 2. The van der Waals surface area contributed by atoms with Crippen LogP contribution in [-0.2, 0) is 22.6 Å². The van der Waals surface area contributed by atoms with Gasteiger partial charge in [0, 0.05) is 36.7 Å². The maximum Gasteiger partial charge on any atom is 0.252 e. The first kappa shape index (κ1) is 34.1. The van der Waals surface area contributed by atoms with Gasteiger partial charge in [-0.1, -0.05) is 65.1 Å². The van der Waals surface area contributed by atoms with Crippen LogP contribution in [0.5, 0.6) is 11.5 Å². The summed E-state index contributed by atoms with van der Waals surface area (Å²) >= 11 is 19.0. The van der Waals surface area contributed by atoms with Crippen LogP contribution in [0.1, 0.15) is 42.4 Å². The van der Waals surface area contributed by atoms with E-state index in [-0.39, 0.29) is 37.7 Å². The van der Waals surface area contributed by atoms with Gasteiger partial charge in [0.1, 0.15) is 19.0 Å². The van der Waals surface area contributed by atoms with Crippen molar-refractivity contribution >= 4 is 52.2 Å². The molecule has 46 heavy (non-hydrogen) atoms. The van der Waals surface area contributed by atoms with Gasteiger partial charge in [-0.25, -0.2) is 0 Å². The van der Waals surface area contributed by atoms with Gasteiger partial charge in [0.25, 0.3) is 5.91 Å². The van der Waals surface area contributed by atoms with Crippen LogP contribution in [0.3, 0.4) is 0 Å². The van der Waals surface area contributed by atoms with Gasteiger partial charge < -0.3 is 30.1 Å². The molecule has 3 aromatic rings. The summed E-state index contributed by atoms with van der Waals surface area (Å²) in [6.07, 6.45) is 3.42. The molecule has 1 atom stereocenters. The standard InChI is InChI=1S/C35H38Cl3N3O5/c1-39-32(43)14-6-22-5-13-28(36)24(19-22)20-41(25-9-10-25)35(44)33-27(15-16-40-31(33)21-42)23-7-11-26(12-8-23)45-17-18-46-34-29(37)3-2-4-30(34)38/h2-5,7-8,11-13,19,25,31,40,42H,6,9-10,14-18,20-21H2,1H3,(H,39,43)/t31-/m1/s1. The zero-order valence-electron chi connectivity index (χ0n) is 25.7. The molecular weight excluding hydrogens is 649 g/mol. The Morgan fingerprint density at radius 3 is 2.37 bits per heavy atom. The number of ether oxygens (including phenoxy) is 2. The Hall–Kier alpha value is -3.27. The Morgan fingerprint density at radius 2 is 1.70 bits per heavy atom. The number of carbonyl (C=O) groups excluding carboxylic acids is 2. The van der Waals surface area contributed by atoms with E-state index >= 15 is 0 Å². The van der Waals surface area contributed by atoms with Gasteiger partial charge in [-0.15, -0.1) is 0 Å². The fourth-order valence-corrected chi connectivity index (χ4v) is 6.29. The first-order valence-corrected chi connectivity index (χ1v) is 16.6. The van der Waals surface area contributed by atoms with E-state index in [1.54, 1.807) is 25.2 Å². The first-order valence-electron chi connectivity index (χ1n) is 15.4. The van der Waals surface area contributed by atoms with E-state index in [0.29, 0.717) is 64.5 Å². The molecule has 8 nitrogen and oxygen atoms in total. The summed E-state index contributed by atoms with van der Waals surface area (Å²) < 4.78 is 11.6. The number of para-hydroxylation sites is 1. The van der Waals surface area contributed by atoms with E-state index in [1.165, 1.54) is 0 Å². The second-order valence-corrected chi connectivity index (χ2v) is 12.6. The highest BCUT2D eigenvalue weighted by molar-refractivity contribution is 6.37. The van der Waals surface area contributed by atoms with Gasteiger partial charge >= 0.3 is 0 Å². The van der Waals surface area contributed by atoms with Crippen LogP contribution in [0.4, 0.5) is 0 Å². The van der Waals surface area contributed by atoms with Crippen molar-refractivity contribution in [2.45, 2.75) is 50.7 Å². The second-order valence-electron chi connectivity index (χ2n) is 11.4. The molecule has 2 amide bonds. The highest BCUT2D eigenvalue weighted by atomic mass is 35.5. The molecule has 244 valence electrons. The van der Waals surface area contributed by atoms with Gasteiger partial charge in [-0.3, -0.25) is 9.59 Å². The molecule has 0 radical (unpaired) electrons. The predicted octanol–water partition coefficient (Wildman–Crippen LogP) is 6.08. The average molecular weight is 687 g/mol. The van der Waals surface area contributed by atoms with Gasteiger partial charge in [-0.2, -0.15) is 0 Å². The van der Waals surface area contributed by atoms with E-state index < -0.39 is 6.04 Å². The second kappa shape index (κ2) is 16.0. The van der Waals surface area contributed by atoms with E-state index in [9.17, 15) is 14.7 Å². The van der Waals surface area contributed by atoms with Crippen LogP contribution >= 0.6 is 34.8 Å². The number of aliphatic hydroxyl groups excluding tert-OH is 1. The number of benzene rings is 3. The molecule has 5 rings (SSSR count). The van der Waals surface area contributed by atoms with Crippen molar-refractivity contribution in [2.24, 2.45) is 0 Å². The Morgan fingerprint density at radius 1 is 0.978 bits per heavy atom. The molecule has 11 heteroatoms. The number of hydrogen-bond acceptors (Lipinski definition) is 6. The zero-order valence-corrected chi connectivity index (χ0v) is 27.9. The smallest absolute Gasteiger partial charge is 0.252 e. The molecule has 1 saturated carbocycles. The minimum absolute atomic E-state index is 0.0296. The van der Waals surface area contributed by atoms with Crippen molar-refractivity contribution < 1.29 is 24.2 Å². The maximum atomic E-state index is 14.4. The fourth-order valence-electron chi connectivity index (χ4n) is 5.61. The Balaban J connectivity index is 1.32. The monoisotopic (exact) mass is 685 g/mol. The molecule has 1 fully saturated rings. The van der Waals surface area contributed by atoms with Crippen molar-refractivity contribution in [3.63, 3.8) is 0 Å².